The zero-order chi connectivity index (χ0) is 10.7. The fourth-order valence-electron chi connectivity index (χ4n) is 1.28. The molecule has 0 fully saturated rings. The van der Waals surface area contributed by atoms with E-state index in [4.69, 9.17) is 11.6 Å². The number of aromatic nitrogens is 2. The van der Waals surface area contributed by atoms with Crippen molar-refractivity contribution in [2.24, 2.45) is 0 Å². The Hall–Kier alpha value is -1.35. The van der Waals surface area contributed by atoms with Crippen molar-refractivity contribution in [3.63, 3.8) is 0 Å². The molecule has 0 atom stereocenters. The van der Waals surface area contributed by atoms with Crippen LogP contribution in [-0.4, -0.2) is 15.7 Å². The summed E-state index contributed by atoms with van der Waals surface area (Å²) in [5.74, 6) is 0.254. The molecule has 0 aliphatic rings. The molecule has 1 radical (unpaired) electrons. The Morgan fingerprint density at radius 3 is 2.73 bits per heavy atom. The van der Waals surface area contributed by atoms with E-state index >= 15 is 0 Å². The molecule has 0 N–H and O–H groups in total. The molecule has 0 saturated heterocycles. The molecule has 1 heterocycles. The first kappa shape index (κ1) is 10.2. The Balaban J connectivity index is 2.25. The molecule has 2 rings (SSSR count). The Morgan fingerprint density at radius 2 is 2.07 bits per heavy atom. The molecule has 0 unspecified atom stereocenters. The van der Waals surface area contributed by atoms with Gasteiger partial charge < -0.3 is 0 Å². The second-order valence-electron chi connectivity index (χ2n) is 3.08. The predicted octanol–water partition coefficient (Wildman–Crippen LogP) is 2.73. The van der Waals surface area contributed by atoms with E-state index in [0.717, 1.165) is 11.3 Å². The van der Waals surface area contributed by atoms with Crippen LogP contribution in [0.5, 0.6) is 0 Å². The lowest BCUT2D eigenvalue weighted by Crippen LogP contribution is -1.99. The average Bonchev–Trinajstić information content (AvgIpc) is 2.68. The summed E-state index contributed by atoms with van der Waals surface area (Å²) >= 11 is 5.58. The number of halogens is 2. The molecular formula is C11H9ClFN2. The smallest absolute Gasteiger partial charge is 0.123 e. The number of nitrogens with zero attached hydrogens (tertiary/aromatic N) is 2. The molecule has 0 saturated carbocycles. The topological polar surface area (TPSA) is 17.8 Å². The second-order valence-corrected chi connectivity index (χ2v) is 3.46. The highest BCUT2D eigenvalue weighted by Gasteiger charge is 2.02. The molecule has 77 valence electrons. The largest absolute Gasteiger partial charge is 0.261 e. The summed E-state index contributed by atoms with van der Waals surface area (Å²) in [5.41, 5.74) is 1.65. The standard InChI is InChI=1S/C11H9ClFN2/c12-6-8-15-7-5-11(14-15)9-1-3-10(13)4-2-9/h1-5H,6,8H2. The lowest BCUT2D eigenvalue weighted by molar-refractivity contribution is 0.628. The average molecular weight is 224 g/mol. The van der Waals surface area contributed by atoms with Crippen LogP contribution in [0, 0.1) is 12.0 Å². The van der Waals surface area contributed by atoms with Crippen molar-refractivity contribution < 1.29 is 4.39 Å². The molecule has 0 amide bonds. The molecule has 2 nitrogen and oxygen atoms in total. The van der Waals surface area contributed by atoms with Gasteiger partial charge in [0.1, 0.15) is 5.82 Å². The van der Waals surface area contributed by atoms with Gasteiger partial charge in [0, 0.05) is 11.4 Å². The third-order valence-corrected chi connectivity index (χ3v) is 2.18. The summed E-state index contributed by atoms with van der Waals surface area (Å²) in [4.78, 5) is 0. The van der Waals surface area contributed by atoms with E-state index in [1.165, 1.54) is 12.1 Å². The van der Waals surface area contributed by atoms with Crippen LogP contribution >= 0.6 is 11.6 Å². The molecule has 15 heavy (non-hydrogen) atoms. The van der Waals surface area contributed by atoms with Gasteiger partial charge >= 0.3 is 0 Å². The number of aryl methyl sites for hydroxylation is 1. The molecular weight excluding hydrogens is 215 g/mol. The number of alkyl halides is 1. The number of hydrogen-bond acceptors (Lipinski definition) is 1. The normalized spacial score (nSPS) is 10.5. The van der Waals surface area contributed by atoms with Crippen molar-refractivity contribution in [3.8, 4) is 11.3 Å². The summed E-state index contributed by atoms with van der Waals surface area (Å²) in [6.07, 6.45) is 2.95. The van der Waals surface area contributed by atoms with E-state index in [1.54, 1.807) is 22.9 Å². The highest BCUT2D eigenvalue weighted by atomic mass is 35.5. The van der Waals surface area contributed by atoms with Gasteiger partial charge in [0.2, 0.25) is 0 Å². The van der Waals surface area contributed by atoms with Crippen molar-refractivity contribution in [1.82, 2.24) is 9.78 Å². The summed E-state index contributed by atoms with van der Waals surface area (Å²) in [6.45, 7) is 0.628. The van der Waals surface area contributed by atoms with E-state index in [0.29, 0.717) is 12.4 Å². The van der Waals surface area contributed by atoms with Gasteiger partial charge in [-0.25, -0.2) is 4.39 Å². The Kier molecular flexibility index (Phi) is 3.02. The minimum Gasteiger partial charge on any atom is -0.261 e. The van der Waals surface area contributed by atoms with Crippen LogP contribution in [0.15, 0.2) is 30.3 Å². The van der Waals surface area contributed by atoms with Crippen LogP contribution in [0.1, 0.15) is 0 Å². The lowest BCUT2D eigenvalue weighted by Gasteiger charge is -1.97. The molecule has 0 aliphatic carbocycles. The van der Waals surface area contributed by atoms with Crippen LogP contribution in [-0.2, 0) is 6.54 Å². The highest BCUT2D eigenvalue weighted by Crippen LogP contribution is 2.16. The number of rotatable bonds is 3. The minimum absolute atomic E-state index is 0.247. The van der Waals surface area contributed by atoms with E-state index in [9.17, 15) is 4.39 Å². The molecule has 2 aromatic rings. The fraction of sp³-hybridized carbons (Fsp3) is 0.182. The van der Waals surface area contributed by atoms with Crippen LogP contribution in [0.4, 0.5) is 4.39 Å². The predicted molar refractivity (Wildman–Crippen MR) is 57.2 cm³/mol. The van der Waals surface area contributed by atoms with E-state index in [-0.39, 0.29) is 5.82 Å². The summed E-state index contributed by atoms with van der Waals surface area (Å²) in [5, 5.41) is 4.25. The maximum absolute atomic E-state index is 12.7. The molecule has 1 aromatic carbocycles. The third kappa shape index (κ3) is 2.36. The first-order valence-electron chi connectivity index (χ1n) is 4.57. The molecule has 0 aliphatic heterocycles. The van der Waals surface area contributed by atoms with Gasteiger partial charge in [-0.15, -0.1) is 11.6 Å². The van der Waals surface area contributed by atoms with Gasteiger partial charge in [0.05, 0.1) is 18.4 Å². The monoisotopic (exact) mass is 223 g/mol. The van der Waals surface area contributed by atoms with Gasteiger partial charge in [0.15, 0.2) is 0 Å². The molecule has 1 aromatic heterocycles. The van der Waals surface area contributed by atoms with Crippen molar-refractivity contribution >= 4 is 11.6 Å². The Labute approximate surface area is 92.3 Å². The van der Waals surface area contributed by atoms with E-state index in [2.05, 4.69) is 11.3 Å². The minimum atomic E-state index is -0.247. The van der Waals surface area contributed by atoms with Crippen molar-refractivity contribution in [2.75, 3.05) is 5.88 Å². The highest BCUT2D eigenvalue weighted by molar-refractivity contribution is 6.17. The fourth-order valence-corrected chi connectivity index (χ4v) is 1.44. The van der Waals surface area contributed by atoms with Gasteiger partial charge in [-0.3, -0.25) is 4.68 Å². The van der Waals surface area contributed by atoms with Gasteiger partial charge in [-0.2, -0.15) is 5.10 Å². The van der Waals surface area contributed by atoms with E-state index < -0.39 is 0 Å². The quantitative estimate of drug-likeness (QED) is 0.732. The third-order valence-electron chi connectivity index (χ3n) is 2.02. The van der Waals surface area contributed by atoms with E-state index in [1.807, 2.05) is 0 Å². The zero-order valence-corrected chi connectivity index (χ0v) is 8.71. The number of hydrogen-bond donors (Lipinski definition) is 0. The van der Waals surface area contributed by atoms with Crippen molar-refractivity contribution in [2.45, 2.75) is 6.54 Å². The maximum Gasteiger partial charge on any atom is 0.123 e. The summed E-state index contributed by atoms with van der Waals surface area (Å²) in [6, 6.07) is 7.97. The van der Waals surface area contributed by atoms with Crippen LogP contribution in [0.2, 0.25) is 0 Å². The Morgan fingerprint density at radius 1 is 1.33 bits per heavy atom. The summed E-state index contributed by atoms with van der Waals surface area (Å²) < 4.78 is 14.3. The second kappa shape index (κ2) is 4.45. The zero-order valence-electron chi connectivity index (χ0n) is 7.95. The first-order chi connectivity index (χ1) is 7.29. The van der Waals surface area contributed by atoms with Crippen LogP contribution < -0.4 is 0 Å². The molecule has 0 bridgehead atoms. The van der Waals surface area contributed by atoms with Crippen LogP contribution in [0.25, 0.3) is 11.3 Å². The van der Waals surface area contributed by atoms with Crippen LogP contribution in [0.3, 0.4) is 0 Å². The first-order valence-corrected chi connectivity index (χ1v) is 5.10. The van der Waals surface area contributed by atoms with Crippen molar-refractivity contribution in [3.05, 3.63) is 42.3 Å². The molecule has 4 heteroatoms. The lowest BCUT2D eigenvalue weighted by atomic mass is 10.1. The molecule has 0 spiro atoms. The summed E-state index contributed by atoms with van der Waals surface area (Å²) in [7, 11) is 0. The maximum atomic E-state index is 12.7. The van der Waals surface area contributed by atoms with Crippen molar-refractivity contribution in [1.29, 1.82) is 0 Å². The van der Waals surface area contributed by atoms with Gasteiger partial charge in [-0.1, -0.05) is 0 Å². The van der Waals surface area contributed by atoms with Gasteiger partial charge in [0.25, 0.3) is 0 Å². The number of benzene rings is 1. The Bertz CT molecular complexity index is 436. The van der Waals surface area contributed by atoms with Gasteiger partial charge in [-0.05, 0) is 30.3 Å². The SMILES string of the molecule is Fc1ccc(-c2c[c]n(CCCl)n2)cc1.